The van der Waals surface area contributed by atoms with E-state index in [-0.39, 0.29) is 35.2 Å². The number of benzene rings is 3. The maximum atomic E-state index is 15.8. The number of anilines is 3. The van der Waals surface area contributed by atoms with Crippen LogP contribution in [0.25, 0.3) is 22.4 Å². The summed E-state index contributed by atoms with van der Waals surface area (Å²) in [4.78, 5) is 12.9. The zero-order chi connectivity index (χ0) is 42.6. The van der Waals surface area contributed by atoms with Crippen LogP contribution in [0.15, 0.2) is 76.5 Å². The topological polar surface area (TPSA) is 69.8 Å². The Morgan fingerprint density at radius 2 is 1.60 bits per heavy atom. The first-order chi connectivity index (χ1) is 28.8. The van der Waals surface area contributed by atoms with Gasteiger partial charge in [-0.25, -0.2) is 8.78 Å². The van der Waals surface area contributed by atoms with Crippen LogP contribution < -0.4 is 19.8 Å². The molecule has 3 aromatic carbocycles. The second-order valence-corrected chi connectivity index (χ2v) is 20.1. The minimum Gasteiger partial charge on any atom is -0.393 e. The molecule has 0 radical (unpaired) electrons. The first-order valence-electron chi connectivity index (χ1n) is 21.4. The van der Waals surface area contributed by atoms with Gasteiger partial charge in [0.05, 0.1) is 11.8 Å². The quantitative estimate of drug-likeness (QED) is 0.0425. The van der Waals surface area contributed by atoms with Gasteiger partial charge in [0.25, 0.3) is 0 Å². The van der Waals surface area contributed by atoms with E-state index in [1.165, 1.54) is 17.8 Å². The van der Waals surface area contributed by atoms with Gasteiger partial charge in [-0.1, -0.05) is 19.9 Å². The highest BCUT2D eigenvalue weighted by molar-refractivity contribution is 8.01. The SMILES string of the molecule is CSc1c(C)[nH]c(-c2ccc(F)cc2)c1-c1cc(N2CCN(c3ccc(NSC4C=C(S)C(N[C@@H](CS)C(C)(C)CN5CCCC(O)CC5)CC4)cc3)CC2)cc(F)c1C. The van der Waals surface area contributed by atoms with Crippen LogP contribution in [-0.4, -0.2) is 96.2 Å². The number of halogens is 2. The molecule has 3 aliphatic rings. The van der Waals surface area contributed by atoms with Gasteiger partial charge in [0.15, 0.2) is 0 Å². The number of piperazine rings is 1. The number of aliphatic hydroxyl groups excluding tert-OH is 1. The van der Waals surface area contributed by atoms with E-state index in [0.29, 0.717) is 10.8 Å². The highest BCUT2D eigenvalue weighted by atomic mass is 32.2. The molecule has 4 atom stereocenters. The smallest absolute Gasteiger partial charge is 0.128 e. The molecule has 3 unspecified atom stereocenters. The van der Waals surface area contributed by atoms with Crippen LogP contribution in [-0.2, 0) is 0 Å². The minimum absolute atomic E-state index is 0.0297. The number of aromatic amines is 1. The van der Waals surface area contributed by atoms with Crippen molar-refractivity contribution in [3.63, 3.8) is 0 Å². The lowest BCUT2D eigenvalue weighted by molar-refractivity contribution is 0.129. The predicted octanol–water partition coefficient (Wildman–Crippen LogP) is 10.5. The predicted molar refractivity (Wildman–Crippen MR) is 260 cm³/mol. The molecule has 4 aromatic rings. The van der Waals surface area contributed by atoms with Crippen molar-refractivity contribution >= 4 is 66.0 Å². The summed E-state index contributed by atoms with van der Waals surface area (Å²) < 4.78 is 33.2. The Balaban J connectivity index is 0.928. The number of hydrogen-bond donors (Lipinski definition) is 6. The van der Waals surface area contributed by atoms with Crippen molar-refractivity contribution in [2.45, 2.75) is 88.1 Å². The standard InChI is InChI=1S/C47H62F2N6OS4/c1-30-39(44-45(50-31(2)46(44)59-5)32-8-10-33(48)11-9-32)25-36(26-40(30)49)55-23-21-54(22-24-55)35-14-12-34(13-15-35)52-60-38-16-17-41(42(58)27-38)51-43(28-57)47(3,4)29-53-19-6-7-37(56)18-20-53/h8-15,25-27,37-38,41,43,50-52,56-58H,6-7,16-24,28-29H2,1-5H3/t37?,38?,41?,43-/m0/s1. The highest BCUT2D eigenvalue weighted by Crippen LogP contribution is 2.44. The Morgan fingerprint density at radius 3 is 2.27 bits per heavy atom. The molecule has 2 saturated heterocycles. The number of H-pyrrole nitrogens is 1. The van der Waals surface area contributed by atoms with Gasteiger partial charge in [0.2, 0.25) is 0 Å². The van der Waals surface area contributed by atoms with Crippen molar-refractivity contribution in [1.29, 1.82) is 0 Å². The number of thiol groups is 2. The second kappa shape index (κ2) is 20.2. The number of aromatic nitrogens is 1. The number of likely N-dealkylation sites (tertiary alicyclic amines) is 1. The van der Waals surface area contributed by atoms with Crippen molar-refractivity contribution in [2.24, 2.45) is 5.41 Å². The summed E-state index contributed by atoms with van der Waals surface area (Å²) in [5.41, 5.74) is 8.33. The van der Waals surface area contributed by atoms with Gasteiger partial charge >= 0.3 is 0 Å². The molecule has 7 nitrogen and oxygen atoms in total. The molecule has 0 spiro atoms. The Bertz CT molecular complexity index is 2090. The summed E-state index contributed by atoms with van der Waals surface area (Å²) in [5, 5.41) is 14.4. The lowest BCUT2D eigenvalue weighted by Crippen LogP contribution is -2.53. The number of rotatable bonds is 14. The lowest BCUT2D eigenvalue weighted by atomic mass is 9.83. The monoisotopic (exact) mass is 892 g/mol. The molecule has 2 fully saturated rings. The van der Waals surface area contributed by atoms with Crippen LogP contribution in [0.5, 0.6) is 0 Å². The van der Waals surface area contributed by atoms with Crippen molar-refractivity contribution < 1.29 is 13.9 Å². The molecule has 324 valence electrons. The van der Waals surface area contributed by atoms with Crippen LogP contribution in [0.2, 0.25) is 0 Å². The van der Waals surface area contributed by atoms with Crippen molar-refractivity contribution in [3.8, 4) is 22.4 Å². The molecule has 2 aliphatic heterocycles. The molecule has 7 rings (SSSR count). The van der Waals surface area contributed by atoms with Gasteiger partial charge < -0.3 is 34.8 Å². The molecule has 60 heavy (non-hydrogen) atoms. The Kier molecular flexibility index (Phi) is 15.2. The summed E-state index contributed by atoms with van der Waals surface area (Å²) in [5.74, 6) is 0.248. The summed E-state index contributed by atoms with van der Waals surface area (Å²) in [6.07, 6.45) is 9.05. The fourth-order valence-electron chi connectivity index (χ4n) is 9.05. The molecule has 0 saturated carbocycles. The van der Waals surface area contributed by atoms with Crippen molar-refractivity contribution in [2.75, 3.05) is 72.3 Å². The van der Waals surface area contributed by atoms with E-state index < -0.39 is 0 Å². The van der Waals surface area contributed by atoms with E-state index in [9.17, 15) is 9.50 Å². The third kappa shape index (κ3) is 10.7. The van der Waals surface area contributed by atoms with Gasteiger partial charge in [0.1, 0.15) is 11.6 Å². The largest absolute Gasteiger partial charge is 0.393 e. The van der Waals surface area contributed by atoms with Gasteiger partial charge in [0, 0.05) is 95.6 Å². The average Bonchev–Trinajstić information content (AvgIpc) is 3.44. The summed E-state index contributed by atoms with van der Waals surface area (Å²) in [6.45, 7) is 14.7. The van der Waals surface area contributed by atoms with E-state index in [4.69, 9.17) is 25.3 Å². The zero-order valence-corrected chi connectivity index (χ0v) is 39.0. The normalized spacial score (nSPS) is 21.2. The van der Waals surface area contributed by atoms with Crippen LogP contribution >= 0.6 is 49.0 Å². The average molecular weight is 893 g/mol. The van der Waals surface area contributed by atoms with E-state index in [1.807, 2.05) is 20.1 Å². The summed E-state index contributed by atoms with van der Waals surface area (Å²) in [7, 11) is 0. The van der Waals surface area contributed by atoms with E-state index in [2.05, 4.69) is 80.0 Å². The fraction of sp³-hybridized carbons (Fsp3) is 0.489. The molecule has 0 bridgehead atoms. The van der Waals surface area contributed by atoms with Crippen molar-refractivity contribution in [3.05, 3.63) is 94.5 Å². The fourth-order valence-corrected chi connectivity index (χ4v) is 11.8. The maximum Gasteiger partial charge on any atom is 0.128 e. The Morgan fingerprint density at radius 1 is 0.900 bits per heavy atom. The molecular formula is C47H62F2N6OS4. The molecule has 1 aromatic heterocycles. The van der Waals surface area contributed by atoms with Crippen LogP contribution in [0.1, 0.15) is 57.2 Å². The van der Waals surface area contributed by atoms with E-state index in [1.54, 1.807) is 41.9 Å². The third-order valence-corrected chi connectivity index (χ3v) is 15.4. The van der Waals surface area contributed by atoms with Gasteiger partial charge in [-0.05, 0) is 158 Å². The maximum absolute atomic E-state index is 15.8. The molecule has 4 N–H and O–H groups in total. The van der Waals surface area contributed by atoms with Crippen molar-refractivity contribution in [1.82, 2.24) is 15.2 Å². The minimum atomic E-state index is -0.285. The highest BCUT2D eigenvalue weighted by Gasteiger charge is 2.34. The summed E-state index contributed by atoms with van der Waals surface area (Å²) in [6, 6.07) is 19.4. The number of nitrogens with one attached hydrogen (secondary N) is 3. The first kappa shape index (κ1) is 45.3. The lowest BCUT2D eigenvalue weighted by Gasteiger charge is -2.41. The van der Waals surface area contributed by atoms with Crippen LogP contribution in [0, 0.1) is 30.9 Å². The van der Waals surface area contributed by atoms with Gasteiger partial charge in [-0.15, -0.1) is 24.4 Å². The summed E-state index contributed by atoms with van der Waals surface area (Å²) >= 11 is 13.1. The van der Waals surface area contributed by atoms with Crippen LogP contribution in [0.3, 0.4) is 0 Å². The number of nitrogens with zero attached hydrogens (tertiary/aromatic N) is 3. The Hall–Kier alpha value is -2.78. The molecule has 1 aliphatic carbocycles. The molecular weight excluding hydrogens is 831 g/mol. The number of aliphatic hydroxyl groups is 1. The van der Waals surface area contributed by atoms with Gasteiger partial charge in [-0.3, -0.25) is 0 Å². The number of aryl methyl sites for hydroxylation is 1. The number of hydrogen-bond acceptors (Lipinski definition) is 10. The van der Waals surface area contributed by atoms with Gasteiger partial charge in [-0.2, -0.15) is 12.6 Å². The first-order valence-corrected chi connectivity index (χ1v) is 24.5. The molecule has 3 heterocycles. The van der Waals surface area contributed by atoms with E-state index >= 15 is 4.39 Å². The van der Waals surface area contributed by atoms with E-state index in [0.717, 1.165) is 133 Å². The Labute approximate surface area is 375 Å². The molecule has 13 heteroatoms. The molecule has 0 amide bonds. The zero-order valence-electron chi connectivity index (χ0n) is 35.6. The number of thioether (sulfide) groups is 1. The second-order valence-electron chi connectivity index (χ2n) is 17.4. The van der Waals surface area contributed by atoms with Crippen LogP contribution in [0.4, 0.5) is 25.8 Å². The third-order valence-electron chi connectivity index (χ3n) is 12.7.